The molecule has 0 bridgehead atoms. The molecule has 0 radical (unpaired) electrons. The molecule has 1 aliphatic heterocycles. The highest BCUT2D eigenvalue weighted by molar-refractivity contribution is 7.09. The molecule has 0 N–H and O–H groups in total. The van der Waals surface area contributed by atoms with Crippen molar-refractivity contribution < 1.29 is 9.18 Å². The number of hydrogen-bond acceptors (Lipinski definition) is 3. The number of carbonyl (C=O) groups is 1. The summed E-state index contributed by atoms with van der Waals surface area (Å²) in [5.74, 6) is -0.270. The summed E-state index contributed by atoms with van der Waals surface area (Å²) in [7, 11) is 0. The lowest BCUT2D eigenvalue weighted by Crippen LogP contribution is -2.45. The number of rotatable bonds is 4. The molecule has 0 unspecified atom stereocenters. The van der Waals surface area contributed by atoms with Crippen LogP contribution in [0, 0.1) is 5.82 Å². The van der Waals surface area contributed by atoms with Gasteiger partial charge in [0.15, 0.2) is 0 Å². The minimum Gasteiger partial charge on any atom is -0.330 e. The van der Waals surface area contributed by atoms with Crippen LogP contribution in [-0.2, 0) is 6.42 Å². The zero-order valence-electron chi connectivity index (χ0n) is 11.9. The van der Waals surface area contributed by atoms with Gasteiger partial charge in [0, 0.05) is 11.9 Å². The first-order valence-electron chi connectivity index (χ1n) is 7.20. The molecule has 5 heteroatoms. The number of likely N-dealkylation sites (tertiary alicyclic amines) is 1. The highest BCUT2D eigenvalue weighted by Crippen LogP contribution is 2.34. The fourth-order valence-electron chi connectivity index (χ4n) is 2.55. The molecule has 2 aromatic rings. The Kier molecular flexibility index (Phi) is 4.01. The number of carbonyl (C=O) groups excluding carboxylic acids is 1. The third-order valence-corrected chi connectivity index (χ3v) is 4.68. The summed E-state index contributed by atoms with van der Waals surface area (Å²) in [5, 5.41) is 2.85. The van der Waals surface area contributed by atoms with Gasteiger partial charge in [0.25, 0.3) is 5.91 Å². The number of benzene rings is 1. The largest absolute Gasteiger partial charge is 0.330 e. The highest BCUT2D eigenvalue weighted by Gasteiger charge is 2.34. The lowest BCUT2D eigenvalue weighted by molar-refractivity contribution is 0.0454. The van der Waals surface area contributed by atoms with E-state index in [9.17, 15) is 9.18 Å². The molecule has 1 atom stereocenters. The molecule has 21 heavy (non-hydrogen) atoms. The minimum absolute atomic E-state index is 0.0193. The molecule has 0 spiro atoms. The smallest absolute Gasteiger partial charge is 0.273 e. The molecule has 1 aliphatic rings. The molecule has 1 amide bonds. The van der Waals surface area contributed by atoms with Crippen LogP contribution in [0.4, 0.5) is 4.39 Å². The van der Waals surface area contributed by atoms with Crippen LogP contribution in [-0.4, -0.2) is 22.3 Å². The third kappa shape index (κ3) is 2.83. The second-order valence-corrected chi connectivity index (χ2v) is 6.17. The van der Waals surface area contributed by atoms with E-state index < -0.39 is 0 Å². The summed E-state index contributed by atoms with van der Waals surface area (Å²) in [5.41, 5.74) is 1.52. The van der Waals surface area contributed by atoms with Gasteiger partial charge < -0.3 is 4.90 Å². The minimum atomic E-state index is -0.250. The van der Waals surface area contributed by atoms with Gasteiger partial charge in [-0.15, -0.1) is 11.3 Å². The predicted molar refractivity (Wildman–Crippen MR) is 80.9 cm³/mol. The number of nitrogens with zero attached hydrogens (tertiary/aromatic N) is 2. The Hall–Kier alpha value is -1.75. The van der Waals surface area contributed by atoms with Crippen LogP contribution in [0.1, 0.15) is 46.9 Å². The van der Waals surface area contributed by atoms with Crippen molar-refractivity contribution in [1.82, 2.24) is 9.88 Å². The van der Waals surface area contributed by atoms with Crippen LogP contribution in [0.15, 0.2) is 29.6 Å². The van der Waals surface area contributed by atoms with Crippen LogP contribution in [0.5, 0.6) is 0 Å². The number of thiazole rings is 1. The van der Waals surface area contributed by atoms with E-state index in [-0.39, 0.29) is 17.8 Å². The normalized spacial score (nSPS) is 17.6. The molecule has 1 saturated heterocycles. The van der Waals surface area contributed by atoms with E-state index in [1.165, 1.54) is 12.1 Å². The van der Waals surface area contributed by atoms with Crippen molar-refractivity contribution in [2.75, 3.05) is 6.54 Å². The Labute approximate surface area is 127 Å². The number of aromatic nitrogens is 1. The maximum absolute atomic E-state index is 13.0. The molecule has 1 aromatic heterocycles. The van der Waals surface area contributed by atoms with Crippen molar-refractivity contribution in [3.8, 4) is 0 Å². The van der Waals surface area contributed by atoms with E-state index in [1.807, 2.05) is 10.3 Å². The summed E-state index contributed by atoms with van der Waals surface area (Å²) in [4.78, 5) is 18.7. The van der Waals surface area contributed by atoms with Crippen LogP contribution in [0.3, 0.4) is 0 Å². The monoisotopic (exact) mass is 304 g/mol. The van der Waals surface area contributed by atoms with Crippen LogP contribution in [0.25, 0.3) is 0 Å². The van der Waals surface area contributed by atoms with E-state index >= 15 is 0 Å². The second-order valence-electron chi connectivity index (χ2n) is 5.23. The lowest BCUT2D eigenvalue weighted by Gasteiger charge is -2.41. The molecule has 3 nitrogen and oxygen atoms in total. The van der Waals surface area contributed by atoms with E-state index in [0.717, 1.165) is 36.4 Å². The Morgan fingerprint density at radius 3 is 2.81 bits per heavy atom. The average molecular weight is 304 g/mol. The predicted octanol–water partition coefficient (Wildman–Crippen LogP) is 3.82. The van der Waals surface area contributed by atoms with Gasteiger partial charge in [-0.2, -0.15) is 0 Å². The highest BCUT2D eigenvalue weighted by atomic mass is 32.1. The fraction of sp³-hybridized carbons (Fsp3) is 0.375. The number of halogens is 1. The number of hydrogen-bond donors (Lipinski definition) is 0. The Bertz CT molecular complexity index is 638. The van der Waals surface area contributed by atoms with Crippen LogP contribution < -0.4 is 0 Å². The molecule has 1 aromatic carbocycles. The maximum Gasteiger partial charge on any atom is 0.273 e. The van der Waals surface area contributed by atoms with Gasteiger partial charge in [-0.1, -0.05) is 19.1 Å². The Balaban J connectivity index is 1.73. The zero-order valence-corrected chi connectivity index (χ0v) is 12.7. The van der Waals surface area contributed by atoms with Gasteiger partial charge in [0.2, 0.25) is 0 Å². The van der Waals surface area contributed by atoms with Crippen molar-refractivity contribution in [2.45, 2.75) is 32.2 Å². The van der Waals surface area contributed by atoms with Gasteiger partial charge in [-0.25, -0.2) is 9.37 Å². The Morgan fingerprint density at radius 2 is 2.19 bits per heavy atom. The number of aryl methyl sites for hydroxylation is 1. The fourth-order valence-corrected chi connectivity index (χ4v) is 3.42. The van der Waals surface area contributed by atoms with Crippen molar-refractivity contribution in [1.29, 1.82) is 0 Å². The summed E-state index contributed by atoms with van der Waals surface area (Å²) in [6, 6.07) is 6.44. The standard InChI is InChI=1S/C16H17FN2OS/c1-2-3-15-18-13(10-21-15)16(20)19-9-8-14(19)11-4-6-12(17)7-5-11/h4-7,10,14H,2-3,8-9H2,1H3/t14-/m0/s1. The van der Waals surface area contributed by atoms with Gasteiger partial charge in [0.05, 0.1) is 11.0 Å². The van der Waals surface area contributed by atoms with Gasteiger partial charge in [-0.05, 0) is 37.0 Å². The molecule has 1 fully saturated rings. The summed E-state index contributed by atoms with van der Waals surface area (Å²) >= 11 is 1.55. The molecule has 0 saturated carbocycles. The van der Waals surface area contributed by atoms with E-state index in [0.29, 0.717) is 5.69 Å². The van der Waals surface area contributed by atoms with Crippen molar-refractivity contribution >= 4 is 17.2 Å². The van der Waals surface area contributed by atoms with Gasteiger partial charge in [-0.3, -0.25) is 4.79 Å². The van der Waals surface area contributed by atoms with Gasteiger partial charge in [0.1, 0.15) is 11.5 Å². The van der Waals surface area contributed by atoms with Crippen molar-refractivity contribution in [2.24, 2.45) is 0 Å². The molecule has 2 heterocycles. The van der Waals surface area contributed by atoms with E-state index in [4.69, 9.17) is 0 Å². The number of amides is 1. The van der Waals surface area contributed by atoms with Crippen LogP contribution >= 0.6 is 11.3 Å². The van der Waals surface area contributed by atoms with Gasteiger partial charge >= 0.3 is 0 Å². The first-order chi connectivity index (χ1) is 10.2. The summed E-state index contributed by atoms with van der Waals surface area (Å²) in [6.07, 6.45) is 2.87. The second kappa shape index (κ2) is 5.93. The molecular formula is C16H17FN2OS. The molecule has 0 aliphatic carbocycles. The van der Waals surface area contributed by atoms with E-state index in [1.54, 1.807) is 23.5 Å². The third-order valence-electron chi connectivity index (χ3n) is 3.77. The summed E-state index contributed by atoms with van der Waals surface area (Å²) < 4.78 is 13.0. The van der Waals surface area contributed by atoms with Crippen LogP contribution in [0.2, 0.25) is 0 Å². The first-order valence-corrected chi connectivity index (χ1v) is 8.08. The Morgan fingerprint density at radius 1 is 1.43 bits per heavy atom. The molecule has 3 rings (SSSR count). The van der Waals surface area contributed by atoms with Crippen molar-refractivity contribution in [3.63, 3.8) is 0 Å². The van der Waals surface area contributed by atoms with Crippen molar-refractivity contribution in [3.05, 3.63) is 51.7 Å². The zero-order chi connectivity index (χ0) is 14.8. The average Bonchev–Trinajstić information content (AvgIpc) is 2.89. The summed E-state index contributed by atoms with van der Waals surface area (Å²) in [6.45, 7) is 2.84. The topological polar surface area (TPSA) is 33.2 Å². The van der Waals surface area contributed by atoms with E-state index in [2.05, 4.69) is 11.9 Å². The quantitative estimate of drug-likeness (QED) is 0.860. The first kappa shape index (κ1) is 14.2. The molecular weight excluding hydrogens is 287 g/mol. The molecule has 110 valence electrons. The maximum atomic E-state index is 13.0. The lowest BCUT2D eigenvalue weighted by atomic mass is 9.94. The SMILES string of the molecule is CCCc1nc(C(=O)N2CC[C@H]2c2ccc(F)cc2)cs1.